The third-order valence-corrected chi connectivity index (χ3v) is 5.67. The molecule has 31 heavy (non-hydrogen) atoms. The Labute approximate surface area is 183 Å². The van der Waals surface area contributed by atoms with Crippen LogP contribution in [0.15, 0.2) is 24.3 Å². The van der Waals surface area contributed by atoms with Crippen molar-refractivity contribution >= 4 is 34.6 Å². The van der Waals surface area contributed by atoms with Crippen molar-refractivity contribution in [1.29, 1.82) is 0 Å². The molecule has 12 heteroatoms. The Balaban J connectivity index is 2.62. The van der Waals surface area contributed by atoms with Gasteiger partial charge in [0.1, 0.15) is 0 Å². The zero-order valence-corrected chi connectivity index (χ0v) is 17.6. The van der Waals surface area contributed by atoms with Gasteiger partial charge in [-0.2, -0.15) is 26.3 Å². The number of hydrogen-bond donors (Lipinski definition) is 4. The van der Waals surface area contributed by atoms with Gasteiger partial charge in [0.2, 0.25) is 0 Å². The second-order valence-corrected chi connectivity index (χ2v) is 8.19. The summed E-state index contributed by atoms with van der Waals surface area (Å²) in [5.41, 5.74) is 2.34. The Morgan fingerprint density at radius 1 is 0.710 bits per heavy atom. The van der Waals surface area contributed by atoms with Gasteiger partial charge in [-0.15, -0.1) is 0 Å². The van der Waals surface area contributed by atoms with Crippen LogP contribution in [0.4, 0.5) is 37.7 Å². The number of anilines is 2. The number of hydrogen-bond acceptors (Lipinski definition) is 4. The van der Waals surface area contributed by atoms with E-state index >= 15 is 0 Å². The summed E-state index contributed by atoms with van der Waals surface area (Å²) >= 11 is 12.1. The number of alkyl halides is 6. The Bertz CT molecular complexity index is 925. The molecule has 0 saturated carbocycles. The van der Waals surface area contributed by atoms with Crippen LogP contribution in [0, 0.1) is 0 Å². The van der Waals surface area contributed by atoms with Crippen molar-refractivity contribution in [2.24, 2.45) is 0 Å². The number of nitrogen functional groups attached to an aromatic ring is 2. The van der Waals surface area contributed by atoms with E-state index in [-0.39, 0.29) is 27.6 Å². The van der Waals surface area contributed by atoms with Crippen LogP contribution >= 0.6 is 23.2 Å². The fraction of sp³-hybridized carbons (Fsp3) is 0.368. The van der Waals surface area contributed by atoms with Crippen LogP contribution < -0.4 is 11.5 Å². The number of rotatable bonds is 4. The number of aliphatic hydroxyl groups is 2. The fourth-order valence-electron chi connectivity index (χ4n) is 2.89. The van der Waals surface area contributed by atoms with Crippen LogP contribution in [0.3, 0.4) is 0 Å². The minimum absolute atomic E-state index is 0.000311. The van der Waals surface area contributed by atoms with Gasteiger partial charge in [0.25, 0.3) is 0 Å². The molecule has 0 amide bonds. The molecule has 0 aliphatic heterocycles. The summed E-state index contributed by atoms with van der Waals surface area (Å²) in [7, 11) is 0. The number of nitrogens with two attached hydrogens (primary N) is 2. The van der Waals surface area contributed by atoms with Crippen LogP contribution in [-0.2, 0) is 17.6 Å². The minimum atomic E-state index is -5.07. The molecule has 0 saturated heterocycles. The van der Waals surface area contributed by atoms with Gasteiger partial charge in [-0.3, -0.25) is 0 Å². The maximum atomic E-state index is 13.3. The largest absolute Gasteiger partial charge is 0.421 e. The van der Waals surface area contributed by atoms with Crippen LogP contribution in [0.1, 0.15) is 36.1 Å². The maximum absolute atomic E-state index is 13.3. The zero-order chi connectivity index (χ0) is 24.2. The van der Waals surface area contributed by atoms with Crippen LogP contribution in [-0.4, -0.2) is 22.6 Å². The van der Waals surface area contributed by atoms with Crippen molar-refractivity contribution in [3.8, 4) is 0 Å². The molecular formula is C19H18Cl2F6N2O2. The molecule has 172 valence electrons. The number of halogens is 8. The van der Waals surface area contributed by atoms with Gasteiger partial charge < -0.3 is 21.7 Å². The Morgan fingerprint density at radius 2 is 1.00 bits per heavy atom. The molecule has 0 radical (unpaired) electrons. The van der Waals surface area contributed by atoms with E-state index in [0.717, 1.165) is 24.3 Å². The van der Waals surface area contributed by atoms with Gasteiger partial charge in [0.05, 0.1) is 0 Å². The molecule has 2 rings (SSSR count). The van der Waals surface area contributed by atoms with Crippen molar-refractivity contribution in [3.63, 3.8) is 0 Å². The van der Waals surface area contributed by atoms with Gasteiger partial charge in [0, 0.05) is 39.0 Å². The minimum Gasteiger partial charge on any atom is -0.398 e. The quantitative estimate of drug-likeness (QED) is 0.346. The third-order valence-electron chi connectivity index (χ3n) is 4.97. The lowest BCUT2D eigenvalue weighted by Crippen LogP contribution is -2.40. The van der Waals surface area contributed by atoms with Crippen LogP contribution in [0.5, 0.6) is 0 Å². The highest BCUT2D eigenvalue weighted by Gasteiger charge is 2.53. The summed E-state index contributed by atoms with van der Waals surface area (Å²) in [5.74, 6) is 0. The lowest BCUT2D eigenvalue weighted by atomic mass is 9.88. The summed E-state index contributed by atoms with van der Waals surface area (Å²) in [6, 6.07) is 3.79. The number of benzene rings is 2. The summed E-state index contributed by atoms with van der Waals surface area (Å²) in [4.78, 5) is 0. The normalized spacial score (nSPS) is 16.6. The molecule has 2 aromatic carbocycles. The average Bonchev–Trinajstić information content (AvgIpc) is 2.56. The van der Waals surface area contributed by atoms with Crippen molar-refractivity contribution in [3.05, 3.63) is 56.6 Å². The molecule has 2 atom stereocenters. The summed E-state index contributed by atoms with van der Waals surface area (Å²) < 4.78 is 79.5. The van der Waals surface area contributed by atoms with E-state index in [0.29, 0.717) is 13.8 Å². The molecular weight excluding hydrogens is 473 g/mol. The second-order valence-electron chi connectivity index (χ2n) is 7.38. The highest BCUT2D eigenvalue weighted by atomic mass is 35.5. The van der Waals surface area contributed by atoms with E-state index in [1.54, 1.807) is 0 Å². The lowest BCUT2D eigenvalue weighted by Gasteiger charge is -2.29. The highest BCUT2D eigenvalue weighted by Crippen LogP contribution is 2.44. The van der Waals surface area contributed by atoms with E-state index in [1.807, 2.05) is 0 Å². The summed E-state index contributed by atoms with van der Waals surface area (Å²) in [5, 5.41) is 19.7. The van der Waals surface area contributed by atoms with Crippen molar-refractivity contribution in [2.75, 3.05) is 11.5 Å². The smallest absolute Gasteiger partial charge is 0.398 e. The van der Waals surface area contributed by atoms with E-state index in [1.165, 1.54) is 0 Å². The first-order valence-corrected chi connectivity index (χ1v) is 9.31. The van der Waals surface area contributed by atoms with E-state index < -0.39 is 46.1 Å². The van der Waals surface area contributed by atoms with Gasteiger partial charge in [0.15, 0.2) is 11.2 Å². The molecule has 0 fully saturated rings. The lowest BCUT2D eigenvalue weighted by molar-refractivity contribution is -0.258. The predicted molar refractivity (Wildman–Crippen MR) is 106 cm³/mol. The molecule has 0 aliphatic carbocycles. The van der Waals surface area contributed by atoms with Crippen molar-refractivity contribution < 1.29 is 36.6 Å². The Kier molecular flexibility index (Phi) is 6.48. The van der Waals surface area contributed by atoms with Gasteiger partial charge in [-0.25, -0.2) is 0 Å². The zero-order valence-electron chi connectivity index (χ0n) is 16.1. The molecule has 0 aliphatic rings. The molecule has 0 spiro atoms. The van der Waals surface area contributed by atoms with Crippen LogP contribution in [0.2, 0.25) is 10.0 Å². The molecule has 0 aromatic heterocycles. The van der Waals surface area contributed by atoms with E-state index in [2.05, 4.69) is 0 Å². The molecule has 2 aromatic rings. The summed E-state index contributed by atoms with van der Waals surface area (Å²) in [6.45, 7) is 1.01. The molecule has 0 bridgehead atoms. The van der Waals surface area contributed by atoms with Crippen LogP contribution in [0.25, 0.3) is 0 Å². The fourth-order valence-corrected chi connectivity index (χ4v) is 3.37. The van der Waals surface area contributed by atoms with E-state index in [9.17, 15) is 36.6 Å². The second kappa shape index (κ2) is 7.91. The Morgan fingerprint density at radius 3 is 1.26 bits per heavy atom. The first kappa shape index (κ1) is 25.4. The molecule has 0 heterocycles. The monoisotopic (exact) mass is 490 g/mol. The Hall–Kier alpha value is -1.88. The highest BCUT2D eigenvalue weighted by molar-refractivity contribution is 6.32. The summed E-state index contributed by atoms with van der Waals surface area (Å²) in [6.07, 6.45) is -10.5. The van der Waals surface area contributed by atoms with Crippen molar-refractivity contribution in [2.45, 2.75) is 43.8 Å². The third kappa shape index (κ3) is 4.67. The van der Waals surface area contributed by atoms with Gasteiger partial charge >= 0.3 is 12.4 Å². The standard InChI is InChI=1S/C19H18Cl2F6N2O2/c1-16(30,18(22,23)24)10-4-8(12(20)6-14(10)28)3-9-5-11(15(29)7-13(9)21)17(2,31)19(25,26)27/h4-7,30-31H,3,28-29H2,1-2H3. The molecule has 4 nitrogen and oxygen atoms in total. The van der Waals surface area contributed by atoms with Gasteiger partial charge in [-0.05, 0) is 49.2 Å². The first-order valence-electron chi connectivity index (χ1n) is 8.55. The maximum Gasteiger partial charge on any atom is 0.421 e. The average molecular weight is 491 g/mol. The molecule has 6 N–H and O–H groups in total. The van der Waals surface area contributed by atoms with Crippen molar-refractivity contribution in [1.82, 2.24) is 0 Å². The van der Waals surface area contributed by atoms with Gasteiger partial charge in [-0.1, -0.05) is 23.2 Å². The molecule has 2 unspecified atom stereocenters. The van der Waals surface area contributed by atoms with E-state index in [4.69, 9.17) is 34.7 Å². The first-order chi connectivity index (χ1) is 13.8. The SMILES string of the molecule is CC(O)(c1cc(Cc2cc(C(C)(O)C(F)(F)F)c(N)cc2Cl)c(Cl)cc1N)C(F)(F)F. The topological polar surface area (TPSA) is 92.5 Å². The predicted octanol–water partition coefficient (Wildman–Crippen LogP) is 5.29.